The molecule has 0 spiro atoms. The molecule has 0 saturated carbocycles. The second kappa shape index (κ2) is 6.55. The first-order valence-corrected chi connectivity index (χ1v) is 6.41. The number of hydrogen-bond donors (Lipinski definition) is 0. The van der Waals surface area contributed by atoms with E-state index in [-0.39, 0.29) is 23.2 Å². The molecule has 0 aliphatic rings. The normalized spacial score (nSPS) is 10.9. The standard InChI is InChI=1S/C10H14ClN3O3S/c1-4-17-8(15)6-14-9(11)7(18-10(14)16)5-12-13(2)3/h5H,4,6H2,1-3H3/b12-5+. The van der Waals surface area contributed by atoms with Crippen LogP contribution in [0.25, 0.3) is 0 Å². The van der Waals surface area contributed by atoms with Crippen LogP contribution in [0, 0.1) is 0 Å². The Kier molecular flexibility index (Phi) is 5.36. The SMILES string of the molecule is CCOC(=O)Cn1c(Cl)c(/C=N/N(C)C)sc1=O. The minimum atomic E-state index is -0.490. The highest BCUT2D eigenvalue weighted by Gasteiger charge is 2.14. The summed E-state index contributed by atoms with van der Waals surface area (Å²) in [5.74, 6) is -0.490. The van der Waals surface area contributed by atoms with E-state index in [1.165, 1.54) is 10.8 Å². The third-order valence-electron chi connectivity index (χ3n) is 1.86. The summed E-state index contributed by atoms with van der Waals surface area (Å²) in [7, 11) is 3.51. The third kappa shape index (κ3) is 3.85. The van der Waals surface area contributed by atoms with E-state index in [4.69, 9.17) is 16.3 Å². The van der Waals surface area contributed by atoms with Crippen LogP contribution < -0.4 is 4.87 Å². The van der Waals surface area contributed by atoms with Crippen molar-refractivity contribution in [3.8, 4) is 0 Å². The van der Waals surface area contributed by atoms with E-state index in [9.17, 15) is 9.59 Å². The lowest BCUT2D eigenvalue weighted by molar-refractivity contribution is -0.143. The molecule has 0 atom stereocenters. The van der Waals surface area contributed by atoms with E-state index in [0.29, 0.717) is 4.88 Å². The number of aromatic nitrogens is 1. The van der Waals surface area contributed by atoms with E-state index in [1.54, 1.807) is 26.0 Å². The highest BCUT2D eigenvalue weighted by atomic mass is 35.5. The monoisotopic (exact) mass is 291 g/mol. The lowest BCUT2D eigenvalue weighted by Gasteiger charge is -2.03. The molecular weight excluding hydrogens is 278 g/mol. The van der Waals surface area contributed by atoms with Gasteiger partial charge in [0.1, 0.15) is 11.7 Å². The van der Waals surface area contributed by atoms with Crippen molar-refractivity contribution in [1.82, 2.24) is 9.58 Å². The molecule has 0 bridgehead atoms. The molecule has 8 heteroatoms. The van der Waals surface area contributed by atoms with Crippen molar-refractivity contribution in [1.29, 1.82) is 0 Å². The Labute approximate surface area is 113 Å². The first kappa shape index (κ1) is 14.7. The van der Waals surface area contributed by atoms with Crippen molar-refractivity contribution in [2.45, 2.75) is 13.5 Å². The zero-order valence-electron chi connectivity index (χ0n) is 10.3. The fourth-order valence-corrected chi connectivity index (χ4v) is 2.22. The molecule has 1 heterocycles. The summed E-state index contributed by atoms with van der Waals surface area (Å²) in [5, 5.41) is 5.77. The van der Waals surface area contributed by atoms with Crippen molar-refractivity contribution < 1.29 is 9.53 Å². The number of hydrazone groups is 1. The third-order valence-corrected chi connectivity index (χ3v) is 3.29. The zero-order chi connectivity index (χ0) is 13.7. The van der Waals surface area contributed by atoms with E-state index < -0.39 is 5.97 Å². The first-order valence-electron chi connectivity index (χ1n) is 5.21. The highest BCUT2D eigenvalue weighted by Crippen LogP contribution is 2.16. The molecule has 0 unspecified atom stereocenters. The Morgan fingerprint density at radius 2 is 2.28 bits per heavy atom. The maximum Gasteiger partial charge on any atom is 0.326 e. The Morgan fingerprint density at radius 3 is 2.83 bits per heavy atom. The average molecular weight is 292 g/mol. The number of rotatable bonds is 5. The first-order chi connectivity index (χ1) is 8.45. The fourth-order valence-electron chi connectivity index (χ4n) is 1.12. The molecule has 100 valence electrons. The maximum atomic E-state index is 11.7. The van der Waals surface area contributed by atoms with Gasteiger partial charge in [-0.2, -0.15) is 5.10 Å². The molecule has 1 aromatic rings. The number of carbonyl (C=O) groups excluding carboxylic acids is 1. The number of nitrogens with zero attached hydrogens (tertiary/aromatic N) is 3. The zero-order valence-corrected chi connectivity index (χ0v) is 11.9. The number of esters is 1. The molecule has 0 saturated heterocycles. The second-order valence-electron chi connectivity index (χ2n) is 3.51. The largest absolute Gasteiger partial charge is 0.465 e. The quantitative estimate of drug-likeness (QED) is 0.462. The van der Waals surface area contributed by atoms with Gasteiger partial charge in [-0.3, -0.25) is 14.2 Å². The van der Waals surface area contributed by atoms with Gasteiger partial charge in [0.2, 0.25) is 0 Å². The summed E-state index contributed by atoms with van der Waals surface area (Å²) in [5.41, 5.74) is 0. The highest BCUT2D eigenvalue weighted by molar-refractivity contribution is 7.11. The number of thiazole rings is 1. The molecule has 0 radical (unpaired) electrons. The molecule has 1 aromatic heterocycles. The van der Waals surface area contributed by atoms with Gasteiger partial charge in [0.25, 0.3) is 0 Å². The van der Waals surface area contributed by atoms with Gasteiger partial charge in [0.05, 0.1) is 17.7 Å². The van der Waals surface area contributed by atoms with Gasteiger partial charge in [-0.25, -0.2) is 0 Å². The second-order valence-corrected chi connectivity index (χ2v) is 4.86. The molecule has 0 N–H and O–H groups in total. The Hall–Kier alpha value is -1.34. The molecule has 0 aliphatic heterocycles. The lowest BCUT2D eigenvalue weighted by atomic mass is 10.5. The molecule has 1 rings (SSSR count). The fraction of sp³-hybridized carbons (Fsp3) is 0.500. The number of ether oxygens (including phenoxy) is 1. The van der Waals surface area contributed by atoms with Crippen LogP contribution in [0.15, 0.2) is 9.90 Å². The van der Waals surface area contributed by atoms with Crippen LogP contribution in [0.3, 0.4) is 0 Å². The molecule has 0 aliphatic carbocycles. The molecular formula is C10H14ClN3O3S. The van der Waals surface area contributed by atoms with Gasteiger partial charge < -0.3 is 9.75 Å². The Morgan fingerprint density at radius 1 is 1.61 bits per heavy atom. The molecule has 0 aromatic carbocycles. The van der Waals surface area contributed by atoms with Crippen LogP contribution in [0.1, 0.15) is 11.8 Å². The van der Waals surface area contributed by atoms with Crippen molar-refractivity contribution in [3.63, 3.8) is 0 Å². The minimum Gasteiger partial charge on any atom is -0.465 e. The van der Waals surface area contributed by atoms with Crippen molar-refractivity contribution in [2.75, 3.05) is 20.7 Å². The average Bonchev–Trinajstić information content (AvgIpc) is 2.54. The summed E-state index contributed by atoms with van der Waals surface area (Å²) in [6.07, 6.45) is 1.48. The summed E-state index contributed by atoms with van der Waals surface area (Å²) >= 11 is 6.95. The van der Waals surface area contributed by atoms with Crippen LogP contribution >= 0.6 is 22.9 Å². The maximum absolute atomic E-state index is 11.7. The van der Waals surface area contributed by atoms with Gasteiger partial charge in [0.15, 0.2) is 0 Å². The van der Waals surface area contributed by atoms with Crippen LogP contribution in [0.2, 0.25) is 5.15 Å². The molecule has 0 amide bonds. The van der Waals surface area contributed by atoms with E-state index in [2.05, 4.69) is 5.10 Å². The van der Waals surface area contributed by atoms with Crippen LogP contribution in [-0.4, -0.2) is 42.5 Å². The smallest absolute Gasteiger partial charge is 0.326 e. The van der Waals surface area contributed by atoms with Gasteiger partial charge in [-0.05, 0) is 6.92 Å². The van der Waals surface area contributed by atoms with Crippen molar-refractivity contribution in [2.24, 2.45) is 5.10 Å². The van der Waals surface area contributed by atoms with Crippen LogP contribution in [0.5, 0.6) is 0 Å². The summed E-state index contributed by atoms with van der Waals surface area (Å²) in [6.45, 7) is 1.78. The number of carbonyl (C=O) groups is 1. The van der Waals surface area contributed by atoms with Crippen LogP contribution in [-0.2, 0) is 16.1 Å². The van der Waals surface area contributed by atoms with E-state index in [1.807, 2.05) is 0 Å². The predicted molar refractivity (Wildman–Crippen MR) is 71.5 cm³/mol. The molecule has 0 fully saturated rings. The predicted octanol–water partition coefficient (Wildman–Crippen LogP) is 1.02. The van der Waals surface area contributed by atoms with Crippen molar-refractivity contribution >= 4 is 35.1 Å². The summed E-state index contributed by atoms with van der Waals surface area (Å²) < 4.78 is 5.94. The Bertz CT molecular complexity index is 507. The van der Waals surface area contributed by atoms with Gasteiger partial charge >= 0.3 is 10.8 Å². The van der Waals surface area contributed by atoms with Gasteiger partial charge in [0, 0.05) is 14.1 Å². The Balaban J connectivity index is 2.94. The van der Waals surface area contributed by atoms with E-state index in [0.717, 1.165) is 11.3 Å². The summed E-state index contributed by atoms with van der Waals surface area (Å²) in [6, 6.07) is 0. The topological polar surface area (TPSA) is 63.9 Å². The van der Waals surface area contributed by atoms with Gasteiger partial charge in [-0.15, -0.1) is 0 Å². The van der Waals surface area contributed by atoms with Crippen LogP contribution in [0.4, 0.5) is 0 Å². The lowest BCUT2D eigenvalue weighted by Crippen LogP contribution is -2.21. The summed E-state index contributed by atoms with van der Waals surface area (Å²) in [4.78, 5) is 23.2. The minimum absolute atomic E-state index is 0.183. The molecule has 18 heavy (non-hydrogen) atoms. The van der Waals surface area contributed by atoms with Crippen molar-refractivity contribution in [3.05, 3.63) is 19.7 Å². The van der Waals surface area contributed by atoms with Gasteiger partial charge in [-0.1, -0.05) is 22.9 Å². The van der Waals surface area contributed by atoms with E-state index >= 15 is 0 Å². The number of halogens is 1. The number of hydrogen-bond acceptors (Lipinski definition) is 6. The molecule has 6 nitrogen and oxygen atoms in total.